The highest BCUT2D eigenvalue weighted by Crippen LogP contribution is 2.24. The van der Waals surface area contributed by atoms with Crippen molar-refractivity contribution in [2.75, 3.05) is 23.3 Å². The molecule has 4 heteroatoms. The fraction of sp³-hybridized carbons (Fsp3) is 0.611. The van der Waals surface area contributed by atoms with Gasteiger partial charge in [0.2, 0.25) is 0 Å². The van der Waals surface area contributed by atoms with Crippen LogP contribution < -0.4 is 15.5 Å². The minimum Gasteiger partial charge on any atom is -0.372 e. The van der Waals surface area contributed by atoms with E-state index >= 15 is 0 Å². The molecule has 22 heavy (non-hydrogen) atoms. The van der Waals surface area contributed by atoms with Crippen molar-refractivity contribution in [3.8, 4) is 0 Å². The van der Waals surface area contributed by atoms with Gasteiger partial charge in [-0.25, -0.2) is 0 Å². The van der Waals surface area contributed by atoms with Crippen LogP contribution in [0.5, 0.6) is 0 Å². The highest BCUT2D eigenvalue weighted by molar-refractivity contribution is 7.80. The minimum atomic E-state index is 0.517. The van der Waals surface area contributed by atoms with E-state index < -0.39 is 0 Å². The average molecular weight is 320 g/mol. The normalized spacial score (nSPS) is 21.2. The first kappa shape index (κ1) is 17.1. The number of nitrogens with zero attached hydrogens (tertiary/aromatic N) is 1. The fourth-order valence-corrected chi connectivity index (χ4v) is 3.48. The van der Waals surface area contributed by atoms with Gasteiger partial charge in [0.05, 0.1) is 0 Å². The molecule has 0 aliphatic heterocycles. The minimum absolute atomic E-state index is 0.517. The zero-order valence-electron chi connectivity index (χ0n) is 14.1. The Bertz CT molecular complexity index is 468. The summed E-state index contributed by atoms with van der Waals surface area (Å²) in [5.41, 5.74) is 2.31. The van der Waals surface area contributed by atoms with Gasteiger partial charge in [-0.1, -0.05) is 19.8 Å². The molecule has 2 atom stereocenters. The summed E-state index contributed by atoms with van der Waals surface area (Å²) in [6.07, 6.45) is 5.19. The molecule has 0 aromatic heterocycles. The van der Waals surface area contributed by atoms with Gasteiger partial charge >= 0.3 is 0 Å². The van der Waals surface area contributed by atoms with Crippen LogP contribution in [0.15, 0.2) is 24.3 Å². The van der Waals surface area contributed by atoms with E-state index in [2.05, 4.69) is 60.6 Å². The lowest BCUT2D eigenvalue weighted by molar-refractivity contribution is 0.309. The zero-order chi connectivity index (χ0) is 15.9. The van der Waals surface area contributed by atoms with Crippen molar-refractivity contribution in [1.82, 2.24) is 5.32 Å². The standard InChI is InChI=1S/C18H29N3S/c1-4-21(5-2)16-12-10-15(11-13-16)19-18(22)20-17-9-7-6-8-14(17)3/h10-14,17H,4-9H2,1-3H3,(H2,19,20,22)/t14-,17+/m0/s1. The van der Waals surface area contributed by atoms with Crippen molar-refractivity contribution >= 4 is 28.7 Å². The molecule has 3 nitrogen and oxygen atoms in total. The highest BCUT2D eigenvalue weighted by atomic mass is 32.1. The maximum atomic E-state index is 5.47. The second kappa shape index (κ2) is 8.37. The van der Waals surface area contributed by atoms with Gasteiger partial charge in [-0.2, -0.15) is 0 Å². The highest BCUT2D eigenvalue weighted by Gasteiger charge is 2.21. The van der Waals surface area contributed by atoms with Crippen LogP contribution in [-0.4, -0.2) is 24.2 Å². The van der Waals surface area contributed by atoms with Crippen LogP contribution in [0.1, 0.15) is 46.5 Å². The first-order valence-corrected chi connectivity index (χ1v) is 8.97. The van der Waals surface area contributed by atoms with E-state index in [1.54, 1.807) is 0 Å². The lowest BCUT2D eigenvalue weighted by atomic mass is 9.86. The van der Waals surface area contributed by atoms with Gasteiger partial charge in [0.1, 0.15) is 0 Å². The second-order valence-corrected chi connectivity index (χ2v) is 6.59. The molecular formula is C18H29N3S. The van der Waals surface area contributed by atoms with Crippen molar-refractivity contribution in [2.24, 2.45) is 5.92 Å². The molecule has 0 radical (unpaired) electrons. The Hall–Kier alpha value is -1.29. The van der Waals surface area contributed by atoms with Gasteiger partial charge < -0.3 is 15.5 Å². The van der Waals surface area contributed by atoms with E-state index in [0.29, 0.717) is 12.0 Å². The largest absolute Gasteiger partial charge is 0.372 e. The summed E-state index contributed by atoms with van der Waals surface area (Å²) in [6, 6.07) is 9.03. The molecule has 0 spiro atoms. The summed E-state index contributed by atoms with van der Waals surface area (Å²) in [5.74, 6) is 0.707. The monoisotopic (exact) mass is 319 g/mol. The summed E-state index contributed by atoms with van der Waals surface area (Å²) in [6.45, 7) is 8.74. The molecule has 122 valence electrons. The molecule has 2 N–H and O–H groups in total. The maximum absolute atomic E-state index is 5.47. The molecule has 1 aliphatic carbocycles. The molecule has 0 amide bonds. The Labute approximate surface area is 140 Å². The van der Waals surface area contributed by atoms with E-state index in [1.807, 2.05) is 0 Å². The van der Waals surface area contributed by atoms with Gasteiger partial charge in [-0.3, -0.25) is 0 Å². The predicted octanol–water partition coefficient (Wildman–Crippen LogP) is 4.40. The van der Waals surface area contributed by atoms with Crippen LogP contribution in [0, 0.1) is 5.92 Å². The number of nitrogens with one attached hydrogen (secondary N) is 2. The summed E-state index contributed by atoms with van der Waals surface area (Å²) in [4.78, 5) is 2.34. The van der Waals surface area contributed by atoms with Gasteiger partial charge in [0.25, 0.3) is 0 Å². The van der Waals surface area contributed by atoms with Crippen molar-refractivity contribution in [2.45, 2.75) is 52.5 Å². The molecule has 0 heterocycles. The Morgan fingerprint density at radius 1 is 1.14 bits per heavy atom. The third kappa shape index (κ3) is 4.60. The smallest absolute Gasteiger partial charge is 0.171 e. The number of hydrogen-bond acceptors (Lipinski definition) is 2. The molecular weight excluding hydrogens is 290 g/mol. The summed E-state index contributed by atoms with van der Waals surface area (Å²) in [7, 11) is 0. The van der Waals surface area contributed by atoms with E-state index in [-0.39, 0.29) is 0 Å². The van der Waals surface area contributed by atoms with Crippen LogP contribution in [0.4, 0.5) is 11.4 Å². The number of rotatable bonds is 5. The number of thiocarbonyl (C=S) groups is 1. The number of benzene rings is 1. The van der Waals surface area contributed by atoms with Gasteiger partial charge in [-0.05, 0) is 69.1 Å². The predicted molar refractivity (Wildman–Crippen MR) is 101 cm³/mol. The van der Waals surface area contributed by atoms with Gasteiger partial charge in [-0.15, -0.1) is 0 Å². The molecule has 1 fully saturated rings. The molecule has 1 aromatic carbocycles. The summed E-state index contributed by atoms with van der Waals surface area (Å²) < 4.78 is 0. The van der Waals surface area contributed by atoms with E-state index in [1.165, 1.54) is 31.4 Å². The van der Waals surface area contributed by atoms with Crippen molar-refractivity contribution < 1.29 is 0 Å². The first-order chi connectivity index (χ1) is 10.6. The van der Waals surface area contributed by atoms with Crippen LogP contribution in [0.3, 0.4) is 0 Å². The third-order valence-electron chi connectivity index (χ3n) is 4.68. The molecule has 1 aromatic rings. The fourth-order valence-electron chi connectivity index (χ4n) is 3.21. The summed E-state index contributed by atoms with van der Waals surface area (Å²) in [5, 5.41) is 7.55. The van der Waals surface area contributed by atoms with Crippen LogP contribution in [0.2, 0.25) is 0 Å². The van der Waals surface area contributed by atoms with Gasteiger partial charge in [0.15, 0.2) is 5.11 Å². The van der Waals surface area contributed by atoms with Crippen LogP contribution in [0.25, 0.3) is 0 Å². The van der Waals surface area contributed by atoms with Crippen molar-refractivity contribution in [3.05, 3.63) is 24.3 Å². The Kier molecular flexibility index (Phi) is 6.49. The molecule has 0 bridgehead atoms. The average Bonchev–Trinajstić information content (AvgIpc) is 2.52. The Morgan fingerprint density at radius 2 is 1.77 bits per heavy atom. The van der Waals surface area contributed by atoms with Crippen LogP contribution in [-0.2, 0) is 0 Å². The molecule has 1 aliphatic rings. The first-order valence-electron chi connectivity index (χ1n) is 8.56. The summed E-state index contributed by atoms with van der Waals surface area (Å²) >= 11 is 5.47. The quantitative estimate of drug-likeness (QED) is 0.787. The SMILES string of the molecule is CCN(CC)c1ccc(NC(=S)N[C@@H]2CCCC[C@@H]2C)cc1. The number of hydrogen-bond donors (Lipinski definition) is 2. The molecule has 1 saturated carbocycles. The van der Waals surface area contributed by atoms with E-state index in [0.717, 1.165) is 23.9 Å². The second-order valence-electron chi connectivity index (χ2n) is 6.19. The third-order valence-corrected chi connectivity index (χ3v) is 4.90. The number of anilines is 2. The topological polar surface area (TPSA) is 27.3 Å². The molecule has 0 saturated heterocycles. The van der Waals surface area contributed by atoms with Crippen LogP contribution >= 0.6 is 12.2 Å². The van der Waals surface area contributed by atoms with Gasteiger partial charge in [0, 0.05) is 30.5 Å². The van der Waals surface area contributed by atoms with Crippen molar-refractivity contribution in [3.63, 3.8) is 0 Å². The lowest BCUT2D eigenvalue weighted by Crippen LogP contribution is -2.43. The Balaban J connectivity index is 1.88. The lowest BCUT2D eigenvalue weighted by Gasteiger charge is -2.30. The Morgan fingerprint density at radius 3 is 2.36 bits per heavy atom. The molecule has 0 unspecified atom stereocenters. The zero-order valence-corrected chi connectivity index (χ0v) is 14.9. The van der Waals surface area contributed by atoms with Crippen molar-refractivity contribution in [1.29, 1.82) is 0 Å². The molecule has 2 rings (SSSR count). The van der Waals surface area contributed by atoms with E-state index in [4.69, 9.17) is 12.2 Å². The van der Waals surface area contributed by atoms with E-state index in [9.17, 15) is 0 Å². The maximum Gasteiger partial charge on any atom is 0.171 e.